The Morgan fingerprint density at radius 3 is 2.68 bits per heavy atom. The van der Waals surface area contributed by atoms with Crippen LogP contribution in [0.3, 0.4) is 0 Å². The number of hydrogen-bond donors (Lipinski definition) is 1. The van der Waals surface area contributed by atoms with Crippen molar-refractivity contribution in [2.75, 3.05) is 18.5 Å². The highest BCUT2D eigenvalue weighted by atomic mass is 16.5. The number of nitrogens with zero attached hydrogens (tertiary/aromatic N) is 1. The molecule has 2 heterocycles. The van der Waals surface area contributed by atoms with Gasteiger partial charge in [0.05, 0.1) is 19.8 Å². The first kappa shape index (κ1) is 15.7. The first-order valence-electron chi connectivity index (χ1n) is 8.46. The lowest BCUT2D eigenvalue weighted by Crippen LogP contribution is -2.15. The van der Waals surface area contributed by atoms with Crippen molar-refractivity contribution >= 4 is 5.69 Å². The standard InChI is InChI=1S/C20H20N2O3/c1-2-4-15(5-3-1)20-12-19(25-22-20)13-21-16-6-8-17(9-7-16)24-18-10-11-23-14-18/h1-9,12,18,21H,10-11,13-14H2/t18-/m1/s1. The van der Waals surface area contributed by atoms with E-state index in [-0.39, 0.29) is 6.10 Å². The third kappa shape index (κ3) is 4.00. The van der Waals surface area contributed by atoms with Crippen molar-refractivity contribution in [3.63, 3.8) is 0 Å². The van der Waals surface area contributed by atoms with Crippen molar-refractivity contribution in [2.24, 2.45) is 0 Å². The van der Waals surface area contributed by atoms with Gasteiger partial charge in [-0.25, -0.2) is 0 Å². The molecule has 1 atom stereocenters. The van der Waals surface area contributed by atoms with Gasteiger partial charge in [0.15, 0.2) is 5.76 Å². The van der Waals surface area contributed by atoms with Crippen LogP contribution in [0.5, 0.6) is 5.75 Å². The van der Waals surface area contributed by atoms with Crippen LogP contribution in [0, 0.1) is 0 Å². The number of aromatic nitrogens is 1. The van der Waals surface area contributed by atoms with Gasteiger partial charge in [0.25, 0.3) is 0 Å². The topological polar surface area (TPSA) is 56.5 Å². The lowest BCUT2D eigenvalue weighted by molar-refractivity contribution is 0.141. The van der Waals surface area contributed by atoms with Crippen molar-refractivity contribution in [3.8, 4) is 17.0 Å². The third-order valence-electron chi connectivity index (χ3n) is 4.14. The van der Waals surface area contributed by atoms with Gasteiger partial charge in [0.1, 0.15) is 17.5 Å². The van der Waals surface area contributed by atoms with Crippen LogP contribution in [-0.2, 0) is 11.3 Å². The summed E-state index contributed by atoms with van der Waals surface area (Å²) in [5, 5.41) is 7.46. The largest absolute Gasteiger partial charge is 0.488 e. The molecular weight excluding hydrogens is 316 g/mol. The van der Waals surface area contributed by atoms with E-state index in [1.807, 2.05) is 60.7 Å². The van der Waals surface area contributed by atoms with Crippen molar-refractivity contribution in [3.05, 3.63) is 66.4 Å². The molecule has 2 aromatic carbocycles. The van der Waals surface area contributed by atoms with E-state index in [2.05, 4.69) is 10.5 Å². The van der Waals surface area contributed by atoms with Crippen LogP contribution in [0.1, 0.15) is 12.2 Å². The average Bonchev–Trinajstić information content (AvgIpc) is 3.34. The van der Waals surface area contributed by atoms with E-state index in [4.69, 9.17) is 14.0 Å². The van der Waals surface area contributed by atoms with Crippen molar-refractivity contribution < 1.29 is 14.0 Å². The van der Waals surface area contributed by atoms with Crippen LogP contribution in [0.25, 0.3) is 11.3 Å². The second-order valence-electron chi connectivity index (χ2n) is 6.03. The highest BCUT2D eigenvalue weighted by molar-refractivity contribution is 5.58. The van der Waals surface area contributed by atoms with E-state index in [1.54, 1.807) is 0 Å². The van der Waals surface area contributed by atoms with E-state index < -0.39 is 0 Å². The first-order chi connectivity index (χ1) is 12.4. The summed E-state index contributed by atoms with van der Waals surface area (Å²) in [6, 6.07) is 19.9. The number of benzene rings is 2. The van der Waals surface area contributed by atoms with Crippen LogP contribution in [0.15, 0.2) is 65.2 Å². The molecule has 0 amide bonds. The molecule has 0 radical (unpaired) electrons. The zero-order valence-corrected chi connectivity index (χ0v) is 13.9. The van der Waals surface area contributed by atoms with Crippen LogP contribution >= 0.6 is 0 Å². The molecule has 3 aromatic rings. The molecule has 1 saturated heterocycles. The van der Waals surface area contributed by atoms with Crippen LogP contribution in [0.4, 0.5) is 5.69 Å². The fourth-order valence-corrected chi connectivity index (χ4v) is 2.78. The van der Waals surface area contributed by atoms with Gasteiger partial charge in [-0.1, -0.05) is 35.5 Å². The monoisotopic (exact) mass is 336 g/mol. The van der Waals surface area contributed by atoms with Gasteiger partial charge < -0.3 is 19.3 Å². The molecule has 1 N–H and O–H groups in total. The predicted molar refractivity (Wildman–Crippen MR) is 95.6 cm³/mol. The van der Waals surface area contributed by atoms with Gasteiger partial charge in [0.2, 0.25) is 0 Å². The van der Waals surface area contributed by atoms with Crippen LogP contribution in [0.2, 0.25) is 0 Å². The predicted octanol–water partition coefficient (Wildman–Crippen LogP) is 4.12. The number of rotatable bonds is 6. The highest BCUT2D eigenvalue weighted by Gasteiger charge is 2.16. The normalized spacial score (nSPS) is 16.7. The minimum absolute atomic E-state index is 0.171. The Hall–Kier alpha value is -2.79. The minimum atomic E-state index is 0.171. The molecule has 0 unspecified atom stereocenters. The maximum absolute atomic E-state index is 5.86. The summed E-state index contributed by atoms with van der Waals surface area (Å²) in [6.07, 6.45) is 1.12. The summed E-state index contributed by atoms with van der Waals surface area (Å²) >= 11 is 0. The van der Waals surface area contributed by atoms with E-state index in [9.17, 15) is 0 Å². The zero-order chi connectivity index (χ0) is 16.9. The number of hydrogen-bond acceptors (Lipinski definition) is 5. The summed E-state index contributed by atoms with van der Waals surface area (Å²) in [4.78, 5) is 0. The molecular formula is C20H20N2O3. The number of anilines is 1. The van der Waals surface area contributed by atoms with Gasteiger partial charge in [-0.05, 0) is 24.3 Å². The molecule has 0 saturated carbocycles. The second kappa shape index (κ2) is 7.40. The number of ether oxygens (including phenoxy) is 2. The van der Waals surface area contributed by atoms with E-state index in [0.717, 1.165) is 41.5 Å². The SMILES string of the molecule is c1ccc(-c2cc(CNc3ccc(O[C@@H]4CCOC4)cc3)on2)cc1. The minimum Gasteiger partial charge on any atom is -0.488 e. The van der Waals surface area contributed by atoms with Gasteiger partial charge in [-0.15, -0.1) is 0 Å². The Morgan fingerprint density at radius 2 is 1.92 bits per heavy atom. The van der Waals surface area contributed by atoms with Crippen molar-refractivity contribution in [1.82, 2.24) is 5.16 Å². The van der Waals surface area contributed by atoms with E-state index in [0.29, 0.717) is 13.2 Å². The molecule has 1 aliphatic heterocycles. The summed E-state index contributed by atoms with van der Waals surface area (Å²) < 4.78 is 16.6. The Bertz CT molecular complexity index is 793. The molecule has 1 fully saturated rings. The molecule has 5 heteroatoms. The summed E-state index contributed by atoms with van der Waals surface area (Å²) in [5.41, 5.74) is 2.91. The maximum Gasteiger partial charge on any atom is 0.156 e. The molecule has 25 heavy (non-hydrogen) atoms. The first-order valence-corrected chi connectivity index (χ1v) is 8.46. The number of nitrogens with one attached hydrogen (secondary N) is 1. The van der Waals surface area contributed by atoms with Crippen LogP contribution in [-0.4, -0.2) is 24.5 Å². The van der Waals surface area contributed by atoms with Crippen LogP contribution < -0.4 is 10.1 Å². The Balaban J connectivity index is 1.33. The highest BCUT2D eigenvalue weighted by Crippen LogP contribution is 2.21. The Morgan fingerprint density at radius 1 is 1.08 bits per heavy atom. The molecule has 0 spiro atoms. The second-order valence-corrected chi connectivity index (χ2v) is 6.03. The molecule has 5 nitrogen and oxygen atoms in total. The summed E-state index contributed by atoms with van der Waals surface area (Å²) in [5.74, 6) is 1.66. The van der Waals surface area contributed by atoms with Gasteiger partial charge >= 0.3 is 0 Å². The maximum atomic E-state index is 5.86. The fourth-order valence-electron chi connectivity index (χ4n) is 2.78. The quantitative estimate of drug-likeness (QED) is 0.734. The zero-order valence-electron chi connectivity index (χ0n) is 13.9. The average molecular weight is 336 g/mol. The third-order valence-corrected chi connectivity index (χ3v) is 4.14. The van der Waals surface area contributed by atoms with E-state index in [1.165, 1.54) is 0 Å². The van der Waals surface area contributed by atoms with Gasteiger partial charge in [0, 0.05) is 23.7 Å². The van der Waals surface area contributed by atoms with Crippen molar-refractivity contribution in [2.45, 2.75) is 19.1 Å². The summed E-state index contributed by atoms with van der Waals surface area (Å²) in [7, 11) is 0. The Kier molecular flexibility index (Phi) is 4.65. The molecule has 0 aliphatic carbocycles. The summed E-state index contributed by atoms with van der Waals surface area (Å²) in [6.45, 7) is 2.04. The lowest BCUT2D eigenvalue weighted by atomic mass is 10.1. The Labute approximate surface area is 146 Å². The molecule has 1 aromatic heterocycles. The van der Waals surface area contributed by atoms with Gasteiger partial charge in [-0.2, -0.15) is 0 Å². The lowest BCUT2D eigenvalue weighted by Gasteiger charge is -2.12. The fraction of sp³-hybridized carbons (Fsp3) is 0.250. The molecule has 1 aliphatic rings. The molecule has 0 bridgehead atoms. The smallest absolute Gasteiger partial charge is 0.156 e. The van der Waals surface area contributed by atoms with Crippen molar-refractivity contribution in [1.29, 1.82) is 0 Å². The molecule has 4 rings (SSSR count). The molecule has 128 valence electrons. The van der Waals surface area contributed by atoms with E-state index >= 15 is 0 Å². The van der Waals surface area contributed by atoms with Gasteiger partial charge in [-0.3, -0.25) is 0 Å².